The summed E-state index contributed by atoms with van der Waals surface area (Å²) >= 11 is 12.1. The minimum absolute atomic E-state index is 0. The number of nitrogens with one attached hydrogen (secondary N) is 2. The van der Waals surface area contributed by atoms with E-state index in [1.165, 1.54) is 12.1 Å². The van der Waals surface area contributed by atoms with Gasteiger partial charge in [-0.05, 0) is 99.6 Å². The molecule has 2 aliphatic carbocycles. The molecule has 2 aromatic rings. The second kappa shape index (κ2) is 14.2. The number of rotatable bonds is 8. The van der Waals surface area contributed by atoms with E-state index >= 15 is 0 Å². The third kappa shape index (κ3) is 6.55. The van der Waals surface area contributed by atoms with Crippen molar-refractivity contribution in [3.63, 3.8) is 0 Å². The van der Waals surface area contributed by atoms with Crippen LogP contribution in [-0.4, -0.2) is 51.2 Å². The summed E-state index contributed by atoms with van der Waals surface area (Å²) in [4.78, 5) is 47.8. The molecular weight excluding hydrogens is 642 g/mol. The summed E-state index contributed by atoms with van der Waals surface area (Å²) in [6.07, 6.45) is 6.51. The van der Waals surface area contributed by atoms with Crippen LogP contribution in [0.4, 0.5) is 0 Å². The number of hydrogen-bond donors (Lipinski definition) is 4. The molecule has 0 saturated heterocycles. The fourth-order valence-electron chi connectivity index (χ4n) is 6.55. The molecule has 4 aliphatic rings. The third-order valence-corrected chi connectivity index (χ3v) is 9.83. The fraction of sp³-hybridized carbons (Fsp3) is 0.412. The number of halogens is 2. The van der Waals surface area contributed by atoms with Gasteiger partial charge in [-0.2, -0.15) is 0 Å². The van der Waals surface area contributed by atoms with Crippen LogP contribution < -0.4 is 40.2 Å². The van der Waals surface area contributed by atoms with Crippen LogP contribution in [-0.2, 0) is 22.4 Å². The van der Waals surface area contributed by atoms with Gasteiger partial charge in [0.05, 0.1) is 22.2 Å². The minimum atomic E-state index is -0.725. The Morgan fingerprint density at radius 3 is 1.33 bits per heavy atom. The molecule has 12 heteroatoms. The van der Waals surface area contributed by atoms with Gasteiger partial charge in [-0.3, -0.25) is 19.2 Å². The van der Waals surface area contributed by atoms with Crippen molar-refractivity contribution in [2.75, 3.05) is 0 Å². The van der Waals surface area contributed by atoms with Crippen LogP contribution in [0.1, 0.15) is 96.3 Å². The molecule has 240 valence electrons. The number of aliphatic hydroxyl groups excluding tert-OH is 2. The van der Waals surface area contributed by atoms with E-state index in [4.69, 9.17) is 23.2 Å². The Morgan fingerprint density at radius 1 is 0.739 bits per heavy atom. The maximum Gasteiger partial charge on any atom is 1.00 e. The summed E-state index contributed by atoms with van der Waals surface area (Å²) in [5, 5.41) is 28.1. The molecule has 6 rings (SSSR count). The molecule has 0 spiro atoms. The van der Waals surface area contributed by atoms with Gasteiger partial charge in [0, 0.05) is 32.3 Å². The normalized spacial score (nSPS) is 23.5. The number of amides is 2. The van der Waals surface area contributed by atoms with E-state index in [0.717, 1.165) is 36.8 Å². The summed E-state index contributed by atoms with van der Waals surface area (Å²) in [6, 6.07) is 6.54. The SMILES string of the molecule is CCc1cc(Cl)cc(C=O)c1C1=C(O)C(C)(C2CC2)NC1=O.CCc1cc(Cl)cc(C=O)c1C1=C(O)C(C)(C2CC2)NC1=O.[Na+].[OH-]. The van der Waals surface area contributed by atoms with E-state index in [-0.39, 0.29) is 81.3 Å². The summed E-state index contributed by atoms with van der Waals surface area (Å²) in [6.45, 7) is 7.53. The standard InChI is InChI=1S/2C17H18ClNO3.Na.H2O/c2*1-3-9-6-12(18)7-10(8-20)13(9)14-15(21)17(2,11-4-5-11)19-16(14)22;;/h2*6-8,11,21H,3-5H2,1-2H3,(H,19,22);;1H2/q;;+1;/p-1. The van der Waals surface area contributed by atoms with Gasteiger partial charge in [0.15, 0.2) is 12.6 Å². The number of aliphatic hydroxyl groups is 2. The van der Waals surface area contributed by atoms with Gasteiger partial charge in [-0.15, -0.1) is 0 Å². The summed E-state index contributed by atoms with van der Waals surface area (Å²) in [5.74, 6) is -0.0590. The van der Waals surface area contributed by atoms with E-state index in [1.807, 2.05) is 27.7 Å². The van der Waals surface area contributed by atoms with E-state index in [1.54, 1.807) is 12.1 Å². The predicted molar refractivity (Wildman–Crippen MR) is 172 cm³/mol. The summed E-state index contributed by atoms with van der Waals surface area (Å²) in [5.41, 5.74) is 2.21. The zero-order valence-electron chi connectivity index (χ0n) is 26.6. The second-order valence-corrected chi connectivity index (χ2v) is 13.2. The average molecular weight is 680 g/mol. The summed E-state index contributed by atoms with van der Waals surface area (Å²) < 4.78 is 0. The summed E-state index contributed by atoms with van der Waals surface area (Å²) in [7, 11) is 0. The third-order valence-electron chi connectivity index (χ3n) is 9.39. The van der Waals surface area contributed by atoms with Crippen molar-refractivity contribution in [1.82, 2.24) is 10.6 Å². The molecule has 2 saturated carbocycles. The molecule has 46 heavy (non-hydrogen) atoms. The molecule has 2 amide bonds. The van der Waals surface area contributed by atoms with Gasteiger partial charge < -0.3 is 26.3 Å². The number of aldehydes is 2. The molecule has 2 atom stereocenters. The quantitative estimate of drug-likeness (QED) is 0.246. The first kappa shape index (κ1) is 37.8. The number of carbonyl (C=O) groups is 4. The number of carbonyl (C=O) groups excluding carboxylic acids is 4. The van der Waals surface area contributed by atoms with Crippen LogP contribution >= 0.6 is 23.2 Å². The molecule has 2 fully saturated rings. The zero-order chi connectivity index (χ0) is 32.1. The number of hydrogen-bond acceptors (Lipinski definition) is 7. The minimum Gasteiger partial charge on any atom is -0.870 e. The van der Waals surface area contributed by atoms with Crippen molar-refractivity contribution in [3.05, 3.63) is 79.2 Å². The maximum absolute atomic E-state index is 12.5. The Balaban J connectivity index is 0.000000240. The van der Waals surface area contributed by atoms with Crippen molar-refractivity contribution >= 4 is 58.7 Å². The van der Waals surface area contributed by atoms with Crippen LogP contribution in [0.3, 0.4) is 0 Å². The monoisotopic (exact) mass is 678 g/mol. The first-order valence-corrected chi connectivity index (χ1v) is 15.7. The Bertz CT molecular complexity index is 1540. The van der Waals surface area contributed by atoms with Crippen LogP contribution in [0.2, 0.25) is 10.0 Å². The molecule has 2 heterocycles. The van der Waals surface area contributed by atoms with Crippen molar-refractivity contribution in [2.24, 2.45) is 11.8 Å². The van der Waals surface area contributed by atoms with Gasteiger partial charge in [-0.25, -0.2) is 0 Å². The Morgan fingerprint density at radius 2 is 1.07 bits per heavy atom. The fourth-order valence-corrected chi connectivity index (χ4v) is 7.05. The van der Waals surface area contributed by atoms with Crippen molar-refractivity contribution < 1.29 is 64.4 Å². The molecule has 5 N–H and O–H groups in total. The van der Waals surface area contributed by atoms with Crippen molar-refractivity contribution in [1.29, 1.82) is 0 Å². The molecule has 0 radical (unpaired) electrons. The molecule has 0 aromatic heterocycles. The van der Waals surface area contributed by atoms with E-state index in [9.17, 15) is 29.4 Å². The van der Waals surface area contributed by atoms with Crippen molar-refractivity contribution in [2.45, 2.75) is 77.3 Å². The molecule has 0 bridgehead atoms. The largest absolute Gasteiger partial charge is 1.00 e. The average Bonchev–Trinajstić information content (AvgIpc) is 3.91. The predicted octanol–water partition coefficient (Wildman–Crippen LogP) is 3.39. The van der Waals surface area contributed by atoms with E-state index in [0.29, 0.717) is 57.7 Å². The van der Waals surface area contributed by atoms with Crippen LogP contribution in [0, 0.1) is 11.8 Å². The molecule has 9 nitrogen and oxygen atoms in total. The Kier molecular flexibility index (Phi) is 11.7. The van der Waals surface area contributed by atoms with Gasteiger partial charge in [-0.1, -0.05) is 37.0 Å². The molecular formula is C34H37Cl2N2NaO7. The Hall–Kier alpha value is -2.66. The second-order valence-electron chi connectivity index (χ2n) is 12.3. The van der Waals surface area contributed by atoms with E-state index < -0.39 is 11.1 Å². The molecule has 2 unspecified atom stereocenters. The van der Waals surface area contributed by atoms with Gasteiger partial charge >= 0.3 is 29.6 Å². The zero-order valence-corrected chi connectivity index (χ0v) is 30.1. The van der Waals surface area contributed by atoms with Crippen LogP contribution in [0.25, 0.3) is 11.1 Å². The van der Waals surface area contributed by atoms with Crippen molar-refractivity contribution in [3.8, 4) is 0 Å². The van der Waals surface area contributed by atoms with Gasteiger partial charge in [0.2, 0.25) is 0 Å². The van der Waals surface area contributed by atoms with E-state index in [2.05, 4.69) is 10.6 Å². The van der Waals surface area contributed by atoms with Crippen LogP contribution in [0.5, 0.6) is 0 Å². The Labute approximate surface area is 300 Å². The first-order valence-electron chi connectivity index (χ1n) is 14.9. The number of benzene rings is 2. The number of aryl methyl sites for hydroxylation is 2. The van der Waals surface area contributed by atoms with Gasteiger partial charge in [0.25, 0.3) is 11.8 Å². The van der Waals surface area contributed by atoms with Crippen LogP contribution in [0.15, 0.2) is 35.8 Å². The van der Waals surface area contributed by atoms with Gasteiger partial charge in [0.1, 0.15) is 11.5 Å². The molecule has 2 aliphatic heterocycles. The first-order chi connectivity index (χ1) is 20.8. The maximum atomic E-state index is 12.5. The topological polar surface area (TPSA) is 163 Å². The smallest absolute Gasteiger partial charge is 0.870 e. The molecule has 2 aromatic carbocycles.